The number of hydrogen-bond donors (Lipinski definition) is 0. The minimum absolute atomic E-state index is 0.111. The van der Waals surface area contributed by atoms with Crippen molar-refractivity contribution in [2.45, 2.75) is 32.9 Å². The van der Waals surface area contributed by atoms with Gasteiger partial charge in [0.1, 0.15) is 5.75 Å². The van der Waals surface area contributed by atoms with Gasteiger partial charge in [0.15, 0.2) is 5.78 Å². The van der Waals surface area contributed by atoms with Crippen molar-refractivity contribution in [2.75, 3.05) is 27.3 Å². The molecule has 0 aliphatic rings. The van der Waals surface area contributed by atoms with Gasteiger partial charge in [-0.1, -0.05) is 0 Å². The summed E-state index contributed by atoms with van der Waals surface area (Å²) in [6.45, 7) is 7.30. The van der Waals surface area contributed by atoms with E-state index in [9.17, 15) is 4.79 Å². The normalized spacial score (nSPS) is 12.8. The van der Waals surface area contributed by atoms with E-state index in [1.54, 1.807) is 19.2 Å². The second-order valence-electron chi connectivity index (χ2n) is 5.17. The Bertz CT molecular complexity index is 414. The lowest BCUT2D eigenvalue weighted by Crippen LogP contribution is -2.38. The van der Waals surface area contributed by atoms with E-state index in [0.29, 0.717) is 12.2 Å². The molecule has 20 heavy (non-hydrogen) atoms. The van der Waals surface area contributed by atoms with E-state index in [4.69, 9.17) is 9.47 Å². The third-order valence-corrected chi connectivity index (χ3v) is 3.31. The highest BCUT2D eigenvalue weighted by molar-refractivity contribution is 5.99. The SMILES string of the molecule is COc1ccc(C(=O)C(C)N(C)CCOC(C)C)cc1. The van der Waals surface area contributed by atoms with Crippen LogP contribution in [0.3, 0.4) is 0 Å². The number of hydrogen-bond acceptors (Lipinski definition) is 4. The lowest BCUT2D eigenvalue weighted by atomic mass is 10.0. The number of nitrogens with zero attached hydrogens (tertiary/aromatic N) is 1. The molecule has 112 valence electrons. The number of ether oxygens (including phenoxy) is 2. The zero-order valence-electron chi connectivity index (χ0n) is 13.1. The summed E-state index contributed by atoms with van der Waals surface area (Å²) < 4.78 is 10.6. The molecule has 0 bridgehead atoms. The first-order valence-electron chi connectivity index (χ1n) is 6.95. The molecule has 1 aromatic carbocycles. The summed E-state index contributed by atoms with van der Waals surface area (Å²) in [4.78, 5) is 14.4. The van der Waals surface area contributed by atoms with Crippen LogP contribution in [0.15, 0.2) is 24.3 Å². The average molecular weight is 279 g/mol. The largest absolute Gasteiger partial charge is 0.497 e. The molecule has 0 aliphatic heterocycles. The van der Waals surface area contributed by atoms with Gasteiger partial charge < -0.3 is 9.47 Å². The zero-order valence-corrected chi connectivity index (χ0v) is 13.1. The van der Waals surface area contributed by atoms with Crippen LogP contribution in [0.5, 0.6) is 5.75 Å². The molecule has 4 heteroatoms. The Morgan fingerprint density at radius 2 is 1.80 bits per heavy atom. The van der Waals surface area contributed by atoms with E-state index in [1.165, 1.54) is 0 Å². The van der Waals surface area contributed by atoms with E-state index in [-0.39, 0.29) is 17.9 Å². The maximum Gasteiger partial charge on any atom is 0.179 e. The van der Waals surface area contributed by atoms with Crippen molar-refractivity contribution in [3.8, 4) is 5.75 Å². The van der Waals surface area contributed by atoms with Gasteiger partial charge in [-0.05, 0) is 52.1 Å². The Balaban J connectivity index is 2.56. The Morgan fingerprint density at radius 3 is 2.30 bits per heavy atom. The summed E-state index contributed by atoms with van der Waals surface area (Å²) in [6, 6.07) is 7.05. The van der Waals surface area contributed by atoms with E-state index >= 15 is 0 Å². The highest BCUT2D eigenvalue weighted by atomic mass is 16.5. The molecule has 0 aromatic heterocycles. The summed E-state index contributed by atoms with van der Waals surface area (Å²) in [7, 11) is 3.55. The molecule has 0 aliphatic carbocycles. The minimum Gasteiger partial charge on any atom is -0.497 e. The Morgan fingerprint density at radius 1 is 1.20 bits per heavy atom. The second-order valence-corrected chi connectivity index (χ2v) is 5.17. The van der Waals surface area contributed by atoms with Crippen LogP contribution >= 0.6 is 0 Å². The fourth-order valence-corrected chi connectivity index (χ4v) is 1.82. The number of methoxy groups -OCH3 is 1. The smallest absolute Gasteiger partial charge is 0.179 e. The summed E-state index contributed by atoms with van der Waals surface area (Å²) >= 11 is 0. The van der Waals surface area contributed by atoms with Gasteiger partial charge in [0.25, 0.3) is 0 Å². The Kier molecular flexibility index (Phi) is 6.68. The highest BCUT2D eigenvalue weighted by Crippen LogP contribution is 2.14. The molecule has 1 unspecified atom stereocenters. The molecule has 0 radical (unpaired) electrons. The molecular weight excluding hydrogens is 254 g/mol. The fourth-order valence-electron chi connectivity index (χ4n) is 1.82. The summed E-state index contributed by atoms with van der Waals surface area (Å²) in [5.41, 5.74) is 0.704. The van der Waals surface area contributed by atoms with E-state index < -0.39 is 0 Å². The van der Waals surface area contributed by atoms with Crippen LogP contribution in [-0.4, -0.2) is 50.1 Å². The van der Waals surface area contributed by atoms with Crippen molar-refractivity contribution < 1.29 is 14.3 Å². The van der Waals surface area contributed by atoms with Crippen LogP contribution in [-0.2, 0) is 4.74 Å². The summed E-state index contributed by atoms with van der Waals surface area (Å²) in [6.07, 6.45) is 0.219. The van der Waals surface area contributed by atoms with Crippen LogP contribution in [0.25, 0.3) is 0 Å². The van der Waals surface area contributed by atoms with Crippen LogP contribution in [0.2, 0.25) is 0 Å². The maximum absolute atomic E-state index is 12.4. The fraction of sp³-hybridized carbons (Fsp3) is 0.562. The van der Waals surface area contributed by atoms with Gasteiger partial charge in [-0.25, -0.2) is 0 Å². The number of ketones is 1. The van der Waals surface area contributed by atoms with Crippen LogP contribution in [0.4, 0.5) is 0 Å². The number of benzene rings is 1. The van der Waals surface area contributed by atoms with Crippen molar-refractivity contribution >= 4 is 5.78 Å². The third kappa shape index (κ3) is 4.94. The molecule has 0 heterocycles. The number of rotatable bonds is 8. The predicted molar refractivity (Wildman–Crippen MR) is 80.5 cm³/mol. The van der Waals surface area contributed by atoms with Gasteiger partial charge in [0, 0.05) is 12.1 Å². The van der Waals surface area contributed by atoms with E-state index in [0.717, 1.165) is 12.3 Å². The summed E-state index contributed by atoms with van der Waals surface area (Å²) in [5, 5.41) is 0. The Labute approximate surface area is 121 Å². The maximum atomic E-state index is 12.4. The molecule has 0 N–H and O–H groups in total. The number of carbonyl (C=O) groups excluding carboxylic acids is 1. The minimum atomic E-state index is -0.167. The second kappa shape index (κ2) is 8.02. The number of likely N-dealkylation sites (N-methyl/N-ethyl adjacent to an activating group) is 1. The molecule has 0 amide bonds. The number of carbonyl (C=O) groups is 1. The van der Waals surface area contributed by atoms with E-state index in [1.807, 2.05) is 44.9 Å². The van der Waals surface area contributed by atoms with Crippen LogP contribution < -0.4 is 4.74 Å². The number of Topliss-reactive ketones (excluding diaryl/α,β-unsaturated/α-hetero) is 1. The first-order chi connectivity index (χ1) is 9.45. The van der Waals surface area contributed by atoms with Gasteiger partial charge in [0.2, 0.25) is 0 Å². The molecule has 1 atom stereocenters. The first kappa shape index (κ1) is 16.7. The topological polar surface area (TPSA) is 38.8 Å². The third-order valence-electron chi connectivity index (χ3n) is 3.31. The molecule has 1 rings (SSSR count). The lowest BCUT2D eigenvalue weighted by molar-refractivity contribution is 0.0542. The van der Waals surface area contributed by atoms with Gasteiger partial charge in [-0.3, -0.25) is 9.69 Å². The first-order valence-corrected chi connectivity index (χ1v) is 6.95. The molecule has 0 saturated carbocycles. The standard InChI is InChI=1S/C16H25NO3/c1-12(2)20-11-10-17(4)13(3)16(18)14-6-8-15(19-5)9-7-14/h6-9,12-13H,10-11H2,1-5H3. The van der Waals surface area contributed by atoms with Gasteiger partial charge in [-0.15, -0.1) is 0 Å². The van der Waals surface area contributed by atoms with Crippen LogP contribution in [0.1, 0.15) is 31.1 Å². The lowest BCUT2D eigenvalue weighted by Gasteiger charge is -2.24. The monoisotopic (exact) mass is 279 g/mol. The summed E-state index contributed by atoms with van der Waals surface area (Å²) in [5.74, 6) is 0.868. The van der Waals surface area contributed by atoms with Crippen LogP contribution in [0, 0.1) is 0 Å². The molecule has 0 spiro atoms. The highest BCUT2D eigenvalue weighted by Gasteiger charge is 2.19. The molecule has 0 saturated heterocycles. The van der Waals surface area contributed by atoms with Crippen molar-refractivity contribution in [2.24, 2.45) is 0 Å². The quantitative estimate of drug-likeness (QED) is 0.686. The van der Waals surface area contributed by atoms with E-state index in [2.05, 4.69) is 0 Å². The zero-order chi connectivity index (χ0) is 15.1. The average Bonchev–Trinajstić information content (AvgIpc) is 2.45. The predicted octanol–water partition coefficient (Wildman–Crippen LogP) is 2.62. The van der Waals surface area contributed by atoms with Crippen molar-refractivity contribution in [1.29, 1.82) is 0 Å². The molecule has 1 aromatic rings. The van der Waals surface area contributed by atoms with Gasteiger partial charge in [-0.2, -0.15) is 0 Å². The molecule has 0 fully saturated rings. The van der Waals surface area contributed by atoms with Gasteiger partial charge >= 0.3 is 0 Å². The van der Waals surface area contributed by atoms with Crippen molar-refractivity contribution in [3.05, 3.63) is 29.8 Å². The van der Waals surface area contributed by atoms with Crippen molar-refractivity contribution in [3.63, 3.8) is 0 Å². The molecule has 4 nitrogen and oxygen atoms in total. The Hall–Kier alpha value is -1.39. The van der Waals surface area contributed by atoms with Crippen molar-refractivity contribution in [1.82, 2.24) is 4.90 Å². The van der Waals surface area contributed by atoms with Gasteiger partial charge in [0.05, 0.1) is 25.9 Å². The molecular formula is C16H25NO3.